The van der Waals surface area contributed by atoms with Gasteiger partial charge in [-0.1, -0.05) is 36.4 Å². The first-order valence-corrected chi connectivity index (χ1v) is 8.39. The molecule has 3 nitrogen and oxygen atoms in total. The van der Waals surface area contributed by atoms with E-state index in [0.717, 1.165) is 27.4 Å². The molecule has 4 rings (SSSR count). The van der Waals surface area contributed by atoms with Gasteiger partial charge in [0.15, 0.2) is 0 Å². The Labute approximate surface area is 146 Å². The minimum absolute atomic E-state index is 0.416. The summed E-state index contributed by atoms with van der Waals surface area (Å²) in [4.78, 5) is 15.3. The van der Waals surface area contributed by atoms with E-state index < -0.39 is 5.91 Å². The Hall–Kier alpha value is -3.07. The number of carbonyl (C=O) groups excluding carboxylic acids is 1. The first-order valence-electron chi connectivity index (χ1n) is 8.39. The first-order chi connectivity index (χ1) is 12.0. The number of nitrogens with two attached hydrogens (primary N) is 1. The van der Waals surface area contributed by atoms with Gasteiger partial charge in [-0.05, 0) is 60.7 Å². The van der Waals surface area contributed by atoms with Gasteiger partial charge >= 0.3 is 0 Å². The molecule has 0 fully saturated rings. The molecule has 0 aliphatic rings. The van der Waals surface area contributed by atoms with E-state index in [2.05, 4.69) is 62.2 Å². The van der Waals surface area contributed by atoms with Crippen LogP contribution in [0.2, 0.25) is 0 Å². The van der Waals surface area contributed by atoms with E-state index in [9.17, 15) is 4.79 Å². The van der Waals surface area contributed by atoms with Gasteiger partial charge in [-0.2, -0.15) is 0 Å². The molecule has 124 valence electrons. The molecule has 0 atom stereocenters. The number of H-pyrrole nitrogens is 1. The number of hydrogen-bond acceptors (Lipinski definition) is 1. The lowest BCUT2D eigenvalue weighted by Gasteiger charge is -2.12. The van der Waals surface area contributed by atoms with Crippen LogP contribution in [-0.2, 0) is 0 Å². The number of aromatic nitrogens is 1. The standard InChI is InChI=1S/C22H20N2O/c1-12-7-8-17-19(11-12)24-21-18(22(23)25)10-9-16(20(17)21)15-6-4-5-13(2)14(15)3/h4-11,24H,1-3H3,(H2,23,25). The zero-order chi connectivity index (χ0) is 17.7. The number of nitrogens with one attached hydrogen (secondary N) is 1. The largest absolute Gasteiger partial charge is 0.366 e. The Balaban J connectivity index is 2.19. The fourth-order valence-corrected chi connectivity index (χ4v) is 3.60. The summed E-state index contributed by atoms with van der Waals surface area (Å²) in [5.41, 5.74) is 14.0. The van der Waals surface area contributed by atoms with Gasteiger partial charge in [-0.15, -0.1) is 0 Å². The van der Waals surface area contributed by atoms with Gasteiger partial charge in [0.25, 0.3) is 5.91 Å². The van der Waals surface area contributed by atoms with Gasteiger partial charge in [0, 0.05) is 16.3 Å². The molecule has 25 heavy (non-hydrogen) atoms. The maximum Gasteiger partial charge on any atom is 0.250 e. The van der Waals surface area contributed by atoms with Crippen molar-refractivity contribution >= 4 is 27.7 Å². The molecule has 0 spiro atoms. The van der Waals surface area contributed by atoms with E-state index in [4.69, 9.17) is 5.73 Å². The molecule has 3 aromatic carbocycles. The van der Waals surface area contributed by atoms with Crippen LogP contribution in [0.15, 0.2) is 48.5 Å². The van der Waals surface area contributed by atoms with Gasteiger partial charge in [0.1, 0.15) is 0 Å². The maximum absolute atomic E-state index is 11.9. The van der Waals surface area contributed by atoms with Crippen molar-refractivity contribution < 1.29 is 4.79 Å². The summed E-state index contributed by atoms with van der Waals surface area (Å²) in [5.74, 6) is -0.416. The second-order valence-electron chi connectivity index (χ2n) is 6.70. The summed E-state index contributed by atoms with van der Waals surface area (Å²) < 4.78 is 0. The highest BCUT2D eigenvalue weighted by atomic mass is 16.1. The normalized spacial score (nSPS) is 11.3. The number of amides is 1. The summed E-state index contributed by atoms with van der Waals surface area (Å²) in [6.45, 7) is 6.31. The third-order valence-electron chi connectivity index (χ3n) is 5.07. The van der Waals surface area contributed by atoms with Crippen LogP contribution in [0.25, 0.3) is 32.9 Å². The summed E-state index contributed by atoms with van der Waals surface area (Å²) in [5, 5.41) is 2.17. The van der Waals surface area contributed by atoms with Crippen molar-refractivity contribution in [1.29, 1.82) is 0 Å². The Bertz CT molecular complexity index is 1150. The smallest absolute Gasteiger partial charge is 0.250 e. The first kappa shape index (κ1) is 15.5. The van der Waals surface area contributed by atoms with Gasteiger partial charge in [0.2, 0.25) is 0 Å². The second kappa shape index (κ2) is 5.49. The van der Waals surface area contributed by atoms with Gasteiger partial charge in [0.05, 0.1) is 11.1 Å². The number of aryl methyl sites for hydroxylation is 2. The fourth-order valence-electron chi connectivity index (χ4n) is 3.60. The van der Waals surface area contributed by atoms with E-state index in [1.807, 2.05) is 12.1 Å². The average Bonchev–Trinajstić information content (AvgIpc) is 2.94. The molecular formula is C22H20N2O. The van der Waals surface area contributed by atoms with Crippen molar-refractivity contribution in [2.24, 2.45) is 5.73 Å². The minimum Gasteiger partial charge on any atom is -0.366 e. The molecule has 1 amide bonds. The summed E-state index contributed by atoms with van der Waals surface area (Å²) in [6, 6.07) is 16.5. The van der Waals surface area contributed by atoms with Crippen molar-refractivity contribution in [1.82, 2.24) is 4.98 Å². The second-order valence-corrected chi connectivity index (χ2v) is 6.70. The predicted octanol–water partition coefficient (Wildman–Crippen LogP) is 5.01. The number of aromatic amines is 1. The van der Waals surface area contributed by atoms with E-state index >= 15 is 0 Å². The molecule has 0 aliphatic heterocycles. The number of carbonyl (C=O) groups is 1. The Kier molecular flexibility index (Phi) is 3.39. The van der Waals surface area contributed by atoms with Crippen LogP contribution < -0.4 is 5.73 Å². The van der Waals surface area contributed by atoms with Crippen LogP contribution in [0, 0.1) is 20.8 Å². The van der Waals surface area contributed by atoms with Gasteiger partial charge in [-0.3, -0.25) is 4.79 Å². The zero-order valence-corrected chi connectivity index (χ0v) is 14.6. The maximum atomic E-state index is 11.9. The van der Waals surface area contributed by atoms with E-state index in [0.29, 0.717) is 5.56 Å². The third-order valence-corrected chi connectivity index (χ3v) is 5.07. The zero-order valence-electron chi connectivity index (χ0n) is 14.6. The lowest BCUT2D eigenvalue weighted by atomic mass is 9.92. The molecule has 0 radical (unpaired) electrons. The number of benzene rings is 3. The molecule has 0 aliphatic carbocycles. The number of fused-ring (bicyclic) bond motifs is 3. The minimum atomic E-state index is -0.416. The van der Waals surface area contributed by atoms with Crippen molar-refractivity contribution in [3.8, 4) is 11.1 Å². The van der Waals surface area contributed by atoms with Crippen molar-refractivity contribution in [2.75, 3.05) is 0 Å². The molecule has 3 N–H and O–H groups in total. The Morgan fingerprint density at radius 3 is 2.52 bits per heavy atom. The molecule has 3 heteroatoms. The third kappa shape index (κ3) is 2.31. The van der Waals surface area contributed by atoms with Crippen LogP contribution in [-0.4, -0.2) is 10.9 Å². The van der Waals surface area contributed by atoms with E-state index in [-0.39, 0.29) is 0 Å². The van der Waals surface area contributed by atoms with Crippen LogP contribution in [0.4, 0.5) is 0 Å². The van der Waals surface area contributed by atoms with E-state index in [1.165, 1.54) is 22.3 Å². The molecular weight excluding hydrogens is 308 g/mol. The lowest BCUT2D eigenvalue weighted by molar-refractivity contribution is 0.100. The van der Waals surface area contributed by atoms with Crippen molar-refractivity contribution in [3.05, 3.63) is 70.8 Å². The molecule has 0 saturated heterocycles. The fraction of sp³-hybridized carbons (Fsp3) is 0.136. The van der Waals surface area contributed by atoms with Crippen LogP contribution >= 0.6 is 0 Å². The number of hydrogen-bond donors (Lipinski definition) is 2. The van der Waals surface area contributed by atoms with Crippen molar-refractivity contribution in [3.63, 3.8) is 0 Å². The number of rotatable bonds is 2. The Morgan fingerprint density at radius 1 is 0.960 bits per heavy atom. The molecule has 0 unspecified atom stereocenters. The van der Waals surface area contributed by atoms with Crippen molar-refractivity contribution in [2.45, 2.75) is 20.8 Å². The summed E-state index contributed by atoms with van der Waals surface area (Å²) in [6.07, 6.45) is 0. The van der Waals surface area contributed by atoms with Crippen LogP contribution in [0.3, 0.4) is 0 Å². The molecule has 0 saturated carbocycles. The highest BCUT2D eigenvalue weighted by molar-refractivity contribution is 6.20. The summed E-state index contributed by atoms with van der Waals surface area (Å²) >= 11 is 0. The molecule has 4 aromatic rings. The monoisotopic (exact) mass is 328 g/mol. The highest BCUT2D eigenvalue weighted by Gasteiger charge is 2.17. The SMILES string of the molecule is Cc1ccc2c(c1)[nH]c1c(C(N)=O)ccc(-c3cccc(C)c3C)c12. The Morgan fingerprint density at radius 2 is 1.76 bits per heavy atom. The van der Waals surface area contributed by atoms with Gasteiger partial charge < -0.3 is 10.7 Å². The van der Waals surface area contributed by atoms with E-state index in [1.54, 1.807) is 0 Å². The number of primary amides is 1. The lowest BCUT2D eigenvalue weighted by Crippen LogP contribution is -2.11. The van der Waals surface area contributed by atoms with Gasteiger partial charge in [-0.25, -0.2) is 0 Å². The average molecular weight is 328 g/mol. The predicted molar refractivity (Wildman–Crippen MR) is 104 cm³/mol. The summed E-state index contributed by atoms with van der Waals surface area (Å²) in [7, 11) is 0. The molecule has 0 bridgehead atoms. The molecule has 1 heterocycles. The topological polar surface area (TPSA) is 58.9 Å². The highest BCUT2D eigenvalue weighted by Crippen LogP contribution is 2.38. The van der Waals surface area contributed by atoms with Crippen LogP contribution in [0.1, 0.15) is 27.0 Å². The molecule has 1 aromatic heterocycles. The quantitative estimate of drug-likeness (QED) is 0.534. The van der Waals surface area contributed by atoms with Crippen LogP contribution in [0.5, 0.6) is 0 Å².